The molecule has 2 heteroatoms. The summed E-state index contributed by atoms with van der Waals surface area (Å²) in [6.45, 7) is 0. The predicted molar refractivity (Wildman–Crippen MR) is 247 cm³/mol. The average molecular weight is 777 g/mol. The van der Waals surface area contributed by atoms with E-state index < -0.39 is 16.1 Å². The monoisotopic (exact) mass is 776 g/mol. The molecule has 280 valence electrons. The zero-order valence-electron chi connectivity index (χ0n) is 32.9. The summed E-state index contributed by atoms with van der Waals surface area (Å²) >= 11 is 0. The lowest BCUT2D eigenvalue weighted by Gasteiger charge is -2.54. The lowest BCUT2D eigenvalue weighted by Crippen LogP contribution is -2.62. The number of hydrogen-bond donors (Lipinski definition) is 0. The van der Waals surface area contributed by atoms with Crippen molar-refractivity contribution in [2.45, 2.75) is 47.8 Å². The van der Waals surface area contributed by atoms with Crippen molar-refractivity contribution in [3.05, 3.63) is 263 Å². The second-order valence-corrected chi connectivity index (χ2v) is 25.5. The van der Waals surface area contributed by atoms with E-state index in [0.29, 0.717) is 23.7 Å². The van der Waals surface area contributed by atoms with Crippen molar-refractivity contribution in [2.75, 3.05) is 0 Å². The van der Waals surface area contributed by atoms with Crippen LogP contribution in [0.25, 0.3) is 0 Å². The van der Waals surface area contributed by atoms with Gasteiger partial charge in [0.15, 0.2) is 0 Å². The first kappa shape index (κ1) is 35.4. The Morgan fingerprint density at radius 3 is 0.603 bits per heavy atom. The normalized spacial score (nSPS) is 21.1. The van der Waals surface area contributed by atoms with Crippen LogP contribution >= 0.6 is 0 Å². The summed E-state index contributed by atoms with van der Waals surface area (Å²) in [5.41, 5.74) is 11.7. The van der Waals surface area contributed by atoms with Gasteiger partial charge >= 0.3 is 0 Å². The van der Waals surface area contributed by atoms with E-state index in [9.17, 15) is 0 Å². The van der Waals surface area contributed by atoms with Crippen molar-refractivity contribution in [3.63, 3.8) is 0 Å². The van der Waals surface area contributed by atoms with E-state index in [0.717, 1.165) is 24.2 Å². The number of benzene rings is 8. The average Bonchev–Trinajstić information content (AvgIpc) is 3.32. The zero-order chi connectivity index (χ0) is 38.5. The van der Waals surface area contributed by atoms with Gasteiger partial charge in [0, 0.05) is 0 Å². The molecule has 0 spiro atoms. The van der Waals surface area contributed by atoms with Crippen LogP contribution in [0.1, 0.15) is 68.2 Å². The maximum Gasteiger partial charge on any atom is 0.126 e. The van der Waals surface area contributed by atoms with E-state index in [1.54, 1.807) is 0 Å². The van der Waals surface area contributed by atoms with E-state index in [2.05, 4.69) is 218 Å². The zero-order valence-corrected chi connectivity index (χ0v) is 34.9. The van der Waals surface area contributed by atoms with Crippen molar-refractivity contribution in [1.29, 1.82) is 0 Å². The largest absolute Gasteiger partial charge is 0.126 e. The van der Waals surface area contributed by atoms with Gasteiger partial charge < -0.3 is 0 Å². The van der Waals surface area contributed by atoms with Crippen LogP contribution in [0, 0.1) is 0 Å². The third-order valence-electron chi connectivity index (χ3n) is 14.3. The summed E-state index contributed by atoms with van der Waals surface area (Å²) in [6.07, 6.45) is 0. The fourth-order valence-corrected chi connectivity index (χ4v) is 21.1. The second kappa shape index (κ2) is 14.5. The fourth-order valence-electron chi connectivity index (χ4n) is 11.5. The van der Waals surface area contributed by atoms with Crippen LogP contribution in [-0.4, -0.2) is 16.1 Å². The summed E-state index contributed by atoms with van der Waals surface area (Å²) in [5.74, 6) is 1.53. The smallest absolute Gasteiger partial charge is 0.0626 e. The first-order valence-corrected chi connectivity index (χ1v) is 26.1. The van der Waals surface area contributed by atoms with Crippen molar-refractivity contribution in [3.8, 4) is 0 Å². The SMILES string of the molecule is c1ccc([Si]2(c3ccccc3)Cc3ccc(cc3)C3C(c4ccc(cc4)C2)C2c4ccc(cc4)C[Si](c4ccccc4)(c4ccccc4)Cc4ccc(cc4)C32)cc1. The molecule has 0 aromatic heterocycles. The van der Waals surface area contributed by atoms with Crippen LogP contribution in [0.4, 0.5) is 0 Å². The van der Waals surface area contributed by atoms with Gasteiger partial charge in [-0.15, -0.1) is 0 Å². The molecule has 0 nitrogen and oxygen atoms in total. The Morgan fingerprint density at radius 1 is 0.224 bits per heavy atom. The van der Waals surface area contributed by atoms with Crippen molar-refractivity contribution in [2.24, 2.45) is 0 Å². The molecule has 1 aliphatic carbocycles. The quantitative estimate of drug-likeness (QED) is 0.156. The van der Waals surface area contributed by atoms with Crippen molar-refractivity contribution in [1.82, 2.24) is 0 Å². The number of rotatable bonds is 4. The first-order valence-electron chi connectivity index (χ1n) is 21.2. The highest BCUT2D eigenvalue weighted by molar-refractivity contribution is 7.02. The first-order chi connectivity index (χ1) is 28.7. The van der Waals surface area contributed by atoms with E-state index in [1.165, 1.54) is 65.3 Å². The van der Waals surface area contributed by atoms with Gasteiger partial charge in [0.25, 0.3) is 0 Å². The molecular weight excluding hydrogens is 729 g/mol. The molecule has 0 radical (unpaired) electrons. The van der Waals surface area contributed by atoms with E-state index in [-0.39, 0.29) is 0 Å². The van der Waals surface area contributed by atoms with Crippen LogP contribution in [0.3, 0.4) is 0 Å². The van der Waals surface area contributed by atoms with Crippen LogP contribution < -0.4 is 20.7 Å². The lowest BCUT2D eigenvalue weighted by atomic mass is 9.49. The molecule has 0 unspecified atom stereocenters. The van der Waals surface area contributed by atoms with Gasteiger partial charge in [-0.25, -0.2) is 0 Å². The second-order valence-electron chi connectivity index (χ2n) is 17.4. The van der Waals surface area contributed by atoms with Crippen LogP contribution in [0.2, 0.25) is 0 Å². The minimum atomic E-state index is -2.25. The van der Waals surface area contributed by atoms with Gasteiger partial charge in [-0.3, -0.25) is 0 Å². The summed E-state index contributed by atoms with van der Waals surface area (Å²) in [6, 6.07) is 90.0. The molecular formula is C56H48Si2. The van der Waals surface area contributed by atoms with Gasteiger partial charge in [-0.2, -0.15) is 0 Å². The van der Waals surface area contributed by atoms with Crippen LogP contribution in [0.5, 0.6) is 0 Å². The minimum Gasteiger partial charge on any atom is -0.0626 e. The molecule has 58 heavy (non-hydrogen) atoms. The molecule has 0 atom stereocenters. The van der Waals surface area contributed by atoms with Crippen LogP contribution in [-0.2, 0) is 24.2 Å². The highest BCUT2D eigenvalue weighted by Crippen LogP contribution is 2.66. The van der Waals surface area contributed by atoms with Crippen molar-refractivity contribution >= 4 is 36.9 Å². The molecule has 17 rings (SSSR count). The molecule has 8 aromatic rings. The molecule has 0 saturated heterocycles. The Hall–Kier alpha value is -5.81. The highest BCUT2D eigenvalue weighted by Gasteiger charge is 2.53. The predicted octanol–water partition coefficient (Wildman–Crippen LogP) is 10.0. The molecule has 1 fully saturated rings. The van der Waals surface area contributed by atoms with Crippen LogP contribution in [0.15, 0.2) is 218 Å². The number of hydrogen-bond acceptors (Lipinski definition) is 0. The molecule has 8 heterocycles. The Bertz CT molecular complexity index is 2250. The molecule has 0 N–H and O–H groups in total. The van der Waals surface area contributed by atoms with E-state index in [1.807, 2.05) is 0 Å². The highest BCUT2D eigenvalue weighted by atomic mass is 28.3. The molecule has 8 bridgehead atoms. The third-order valence-corrected chi connectivity index (χ3v) is 24.1. The van der Waals surface area contributed by atoms with E-state index in [4.69, 9.17) is 0 Å². The Balaban J connectivity index is 1.06. The Kier molecular flexibility index (Phi) is 8.86. The standard InChI is InChI=1S/C56H48Si2/c1-5-13-49(14-6-1)57(50-15-7-2-8-16-50)37-41-21-29-45(30-22-41)53-54(46-31-23-42(38-57)24-32-46)56-48-35-27-44(28-36-48)40-58(51-17-9-3-10-18-51,52-19-11-4-12-20-52)39-43-25-33-47(34-26-43)55(53)56/h1-36,53-56H,37-40H2. The van der Waals surface area contributed by atoms with E-state index >= 15 is 0 Å². The summed E-state index contributed by atoms with van der Waals surface area (Å²) in [4.78, 5) is 0. The maximum absolute atomic E-state index is 2.50. The van der Waals surface area contributed by atoms with Gasteiger partial charge in [0.05, 0.1) is 0 Å². The molecule has 1 saturated carbocycles. The van der Waals surface area contributed by atoms with Gasteiger partial charge in [-0.05, 0) is 92.4 Å². The Labute approximate surface area is 345 Å². The minimum absolute atomic E-state index is 0.383. The molecule has 0 amide bonds. The molecule has 8 aromatic carbocycles. The summed E-state index contributed by atoms with van der Waals surface area (Å²) in [7, 11) is -4.51. The summed E-state index contributed by atoms with van der Waals surface area (Å²) in [5, 5.41) is 6.04. The van der Waals surface area contributed by atoms with Gasteiger partial charge in [-0.1, -0.05) is 239 Å². The van der Waals surface area contributed by atoms with Crippen molar-refractivity contribution < 1.29 is 0 Å². The maximum atomic E-state index is 2.50. The van der Waals surface area contributed by atoms with Gasteiger partial charge in [0.1, 0.15) is 16.1 Å². The summed E-state index contributed by atoms with van der Waals surface area (Å²) < 4.78 is 0. The van der Waals surface area contributed by atoms with Gasteiger partial charge in [0.2, 0.25) is 0 Å². The third kappa shape index (κ3) is 6.01. The lowest BCUT2D eigenvalue weighted by molar-refractivity contribution is 0.229. The fraction of sp³-hybridized carbons (Fsp3) is 0.143. The molecule has 9 aliphatic rings. The molecule has 8 aliphatic heterocycles. The Morgan fingerprint density at radius 2 is 0.414 bits per heavy atom. The topological polar surface area (TPSA) is 0 Å².